The van der Waals surface area contributed by atoms with Crippen molar-refractivity contribution in [3.05, 3.63) is 182 Å². The number of rotatable bonds is 5. The number of thiophene rings is 1. The molecule has 0 saturated heterocycles. The van der Waals surface area contributed by atoms with E-state index in [0.29, 0.717) is 17.5 Å². The van der Waals surface area contributed by atoms with Crippen molar-refractivity contribution in [1.82, 2.24) is 19.5 Å². The third kappa shape index (κ3) is 5.12. The van der Waals surface area contributed by atoms with Gasteiger partial charge in [-0.05, 0) is 65.7 Å². The van der Waals surface area contributed by atoms with Gasteiger partial charge in [-0.25, -0.2) is 15.0 Å². The second-order valence-electron chi connectivity index (χ2n) is 14.4. The predicted molar refractivity (Wildman–Crippen MR) is 236 cm³/mol. The largest absolute Gasteiger partial charge is 0.456 e. The fraction of sp³-hybridized carbons (Fsp3) is 0. The number of hydrogen-bond acceptors (Lipinski definition) is 5. The Morgan fingerprint density at radius 3 is 1.70 bits per heavy atom. The minimum Gasteiger partial charge on any atom is -0.456 e. The number of nitrogens with zero attached hydrogens (tertiary/aromatic N) is 4. The highest BCUT2D eigenvalue weighted by molar-refractivity contribution is 7.26. The van der Waals surface area contributed by atoms with Crippen LogP contribution in [0.5, 0.6) is 0 Å². The highest BCUT2D eigenvalue weighted by atomic mass is 32.1. The maximum atomic E-state index is 6.52. The van der Waals surface area contributed by atoms with E-state index in [-0.39, 0.29) is 0 Å². The van der Waals surface area contributed by atoms with Crippen molar-refractivity contribution in [3.8, 4) is 51.0 Å². The zero-order valence-corrected chi connectivity index (χ0v) is 31.2. The Hall–Kier alpha value is -7.41. The van der Waals surface area contributed by atoms with E-state index in [1.54, 1.807) is 0 Å². The minimum atomic E-state index is 0.600. The van der Waals surface area contributed by atoms with Crippen molar-refractivity contribution >= 4 is 75.3 Å². The van der Waals surface area contributed by atoms with Gasteiger partial charge in [-0.15, -0.1) is 11.3 Å². The van der Waals surface area contributed by atoms with Gasteiger partial charge in [0, 0.05) is 64.1 Å². The van der Waals surface area contributed by atoms with E-state index in [1.165, 1.54) is 53.2 Å². The third-order valence-corrected chi connectivity index (χ3v) is 12.2. The van der Waals surface area contributed by atoms with Crippen molar-refractivity contribution in [1.29, 1.82) is 0 Å². The normalized spacial score (nSPS) is 11.9. The Labute approximate surface area is 330 Å². The average Bonchev–Trinajstić information content (AvgIpc) is 3.95. The van der Waals surface area contributed by atoms with Crippen LogP contribution in [-0.4, -0.2) is 19.5 Å². The molecule has 0 aliphatic carbocycles. The predicted octanol–water partition coefficient (Wildman–Crippen LogP) is 13.9. The zero-order valence-electron chi connectivity index (χ0n) is 30.4. The molecule has 12 rings (SSSR count). The Balaban J connectivity index is 0.962. The van der Waals surface area contributed by atoms with Crippen LogP contribution >= 0.6 is 11.3 Å². The molecule has 0 fully saturated rings. The molecule has 12 aromatic rings. The first-order valence-corrected chi connectivity index (χ1v) is 19.8. The van der Waals surface area contributed by atoms with Crippen LogP contribution in [0.1, 0.15) is 0 Å². The van der Waals surface area contributed by atoms with Gasteiger partial charge in [-0.1, -0.05) is 127 Å². The maximum Gasteiger partial charge on any atom is 0.164 e. The van der Waals surface area contributed by atoms with Crippen molar-refractivity contribution in [2.75, 3.05) is 0 Å². The van der Waals surface area contributed by atoms with Gasteiger partial charge in [0.25, 0.3) is 0 Å². The lowest BCUT2D eigenvalue weighted by molar-refractivity contribution is 0.669. The number of aromatic nitrogens is 4. The number of para-hydroxylation sites is 2. The van der Waals surface area contributed by atoms with Crippen LogP contribution in [0.15, 0.2) is 186 Å². The van der Waals surface area contributed by atoms with E-state index in [0.717, 1.165) is 44.2 Å². The van der Waals surface area contributed by atoms with Gasteiger partial charge in [-0.2, -0.15) is 0 Å². The molecular weight excluding hydrogens is 717 g/mol. The average molecular weight is 747 g/mol. The second kappa shape index (κ2) is 12.6. The monoisotopic (exact) mass is 746 g/mol. The molecule has 0 bridgehead atoms. The first-order valence-electron chi connectivity index (χ1n) is 19.0. The third-order valence-electron chi connectivity index (χ3n) is 11.1. The van der Waals surface area contributed by atoms with Gasteiger partial charge < -0.3 is 8.98 Å². The summed E-state index contributed by atoms with van der Waals surface area (Å²) in [6.45, 7) is 0. The van der Waals surface area contributed by atoms with Crippen LogP contribution in [-0.2, 0) is 0 Å². The molecule has 0 radical (unpaired) electrons. The smallest absolute Gasteiger partial charge is 0.164 e. The molecule has 0 spiro atoms. The quantitative estimate of drug-likeness (QED) is 0.176. The van der Waals surface area contributed by atoms with E-state index >= 15 is 0 Å². The summed E-state index contributed by atoms with van der Waals surface area (Å²) in [4.78, 5) is 14.8. The molecule has 0 aliphatic heterocycles. The molecule has 8 aromatic carbocycles. The summed E-state index contributed by atoms with van der Waals surface area (Å²) in [5.74, 6) is 1.86. The molecule has 4 aromatic heterocycles. The fourth-order valence-electron chi connectivity index (χ4n) is 8.42. The van der Waals surface area contributed by atoms with Crippen LogP contribution in [0.25, 0.3) is 115 Å². The second-order valence-corrected chi connectivity index (χ2v) is 15.5. The summed E-state index contributed by atoms with van der Waals surface area (Å²) in [7, 11) is 0. The molecule has 57 heavy (non-hydrogen) atoms. The van der Waals surface area contributed by atoms with Crippen LogP contribution in [0.4, 0.5) is 0 Å². The summed E-state index contributed by atoms with van der Waals surface area (Å²) in [5, 5.41) is 7.20. The van der Waals surface area contributed by atoms with Gasteiger partial charge in [-0.3, -0.25) is 0 Å². The summed E-state index contributed by atoms with van der Waals surface area (Å²) in [6.07, 6.45) is 0. The van der Waals surface area contributed by atoms with Crippen LogP contribution in [0, 0.1) is 0 Å². The highest BCUT2D eigenvalue weighted by Gasteiger charge is 2.18. The van der Waals surface area contributed by atoms with Crippen molar-refractivity contribution in [3.63, 3.8) is 0 Å². The van der Waals surface area contributed by atoms with Crippen LogP contribution in [0.3, 0.4) is 0 Å². The fourth-order valence-corrected chi connectivity index (χ4v) is 9.58. The molecule has 4 heterocycles. The van der Waals surface area contributed by atoms with Gasteiger partial charge in [0.15, 0.2) is 17.5 Å². The molecule has 0 saturated carbocycles. The molecule has 0 atom stereocenters. The first-order chi connectivity index (χ1) is 28.2. The Bertz CT molecular complexity index is 3420. The molecule has 6 heteroatoms. The summed E-state index contributed by atoms with van der Waals surface area (Å²) in [6, 6.07) is 63.9. The Morgan fingerprint density at radius 2 is 1.00 bits per heavy atom. The Kier molecular flexibility index (Phi) is 7.03. The Morgan fingerprint density at radius 1 is 0.386 bits per heavy atom. The van der Waals surface area contributed by atoms with E-state index in [1.807, 2.05) is 72.0 Å². The number of fused-ring (bicyclic) bond motifs is 9. The zero-order chi connectivity index (χ0) is 37.5. The molecule has 0 amide bonds. The molecule has 0 N–H and O–H groups in total. The SMILES string of the molecule is c1ccc(-c2nc(-c3ccccc3)nc(-c3ccc4c(c3)oc3ccc(-c5cccc6sc7cc(-n8c9ccccc9c9ccccc98)ccc7c56)cc34)n2)cc1. The van der Waals surface area contributed by atoms with Gasteiger partial charge >= 0.3 is 0 Å². The summed E-state index contributed by atoms with van der Waals surface area (Å²) in [5.41, 5.74) is 10.3. The van der Waals surface area contributed by atoms with E-state index < -0.39 is 0 Å². The topological polar surface area (TPSA) is 56.7 Å². The number of hydrogen-bond donors (Lipinski definition) is 0. The minimum absolute atomic E-state index is 0.600. The van der Waals surface area contributed by atoms with Crippen LogP contribution in [0.2, 0.25) is 0 Å². The van der Waals surface area contributed by atoms with Gasteiger partial charge in [0.1, 0.15) is 11.2 Å². The lowest BCUT2D eigenvalue weighted by atomic mass is 9.97. The van der Waals surface area contributed by atoms with E-state index in [2.05, 4.69) is 126 Å². The van der Waals surface area contributed by atoms with Crippen molar-refractivity contribution in [2.24, 2.45) is 0 Å². The van der Waals surface area contributed by atoms with E-state index in [4.69, 9.17) is 19.4 Å². The van der Waals surface area contributed by atoms with Gasteiger partial charge in [0.2, 0.25) is 0 Å². The summed E-state index contributed by atoms with van der Waals surface area (Å²) < 4.78 is 11.4. The van der Waals surface area contributed by atoms with Gasteiger partial charge in [0.05, 0.1) is 11.0 Å². The highest BCUT2D eigenvalue weighted by Crippen LogP contribution is 2.43. The van der Waals surface area contributed by atoms with Crippen LogP contribution < -0.4 is 0 Å². The lowest BCUT2D eigenvalue weighted by Gasteiger charge is -2.09. The molecule has 0 unspecified atom stereocenters. The molecule has 266 valence electrons. The number of furan rings is 1. The molecular formula is C51H30N4OS. The first kappa shape index (κ1) is 31.9. The lowest BCUT2D eigenvalue weighted by Crippen LogP contribution is -2.00. The summed E-state index contributed by atoms with van der Waals surface area (Å²) >= 11 is 1.85. The molecule has 5 nitrogen and oxygen atoms in total. The number of benzene rings is 8. The van der Waals surface area contributed by atoms with Crippen molar-refractivity contribution in [2.45, 2.75) is 0 Å². The maximum absolute atomic E-state index is 6.52. The van der Waals surface area contributed by atoms with E-state index in [9.17, 15) is 0 Å². The molecule has 0 aliphatic rings. The van der Waals surface area contributed by atoms with Crippen molar-refractivity contribution < 1.29 is 4.42 Å². The standard InChI is InChI=1S/C51H30N4OS/c1-3-12-31(13-4-1)49-52-50(32-14-5-2-6-15-32)54-51(53-49)34-22-25-39-41-28-33(23-27-44(41)56-45(39)29-34)36-18-11-21-46-48(36)40-26-24-35(30-47(40)57-46)55-42-19-9-7-16-37(42)38-17-8-10-20-43(38)55/h1-30H.